The Hall–Kier alpha value is -1.71. The van der Waals surface area contributed by atoms with Crippen LogP contribution in [0.15, 0.2) is 31.0 Å². The van der Waals surface area contributed by atoms with Crippen molar-refractivity contribution in [3.63, 3.8) is 0 Å². The molecule has 1 N–H and O–H groups in total. The van der Waals surface area contributed by atoms with Crippen molar-refractivity contribution in [1.29, 1.82) is 0 Å². The first-order valence-electron chi connectivity index (χ1n) is 3.22. The number of H-pyrrole nitrogens is 1. The van der Waals surface area contributed by atoms with Gasteiger partial charge in [0.05, 0.1) is 0 Å². The number of aromatic amines is 1. The van der Waals surface area contributed by atoms with E-state index in [1.807, 2.05) is 0 Å². The molecular weight excluding hydrogens is 140 g/mol. The maximum Gasteiger partial charge on any atom is 0.156 e. The van der Waals surface area contributed by atoms with E-state index in [0.717, 1.165) is 11.5 Å². The van der Waals surface area contributed by atoms with Gasteiger partial charge in [-0.25, -0.2) is 15.0 Å². The number of nitrogens with one attached hydrogen (secondary N) is 1. The summed E-state index contributed by atoms with van der Waals surface area (Å²) in [4.78, 5) is 14.8. The normalized spacial score (nSPS) is 9.82. The number of hydrogen-bond donors (Lipinski definition) is 1. The summed E-state index contributed by atoms with van der Waals surface area (Å²) in [6.45, 7) is 0. The Labute approximate surface area is 63.4 Å². The Morgan fingerprint density at radius 2 is 2.18 bits per heavy atom. The van der Waals surface area contributed by atoms with Crippen LogP contribution in [0.1, 0.15) is 0 Å². The summed E-state index contributed by atoms with van der Waals surface area (Å²) in [6, 6.07) is 1.80. The van der Waals surface area contributed by atoms with Crippen LogP contribution in [0.4, 0.5) is 0 Å². The standard InChI is InChI=1S/C7H6N4/c1-2-8-5-11-6(1)7-9-3-4-10-7/h1-5H,(H,9,10). The Balaban J connectivity index is 2.46. The highest BCUT2D eigenvalue weighted by atomic mass is 14.9. The summed E-state index contributed by atoms with van der Waals surface area (Å²) in [7, 11) is 0. The van der Waals surface area contributed by atoms with Crippen molar-refractivity contribution in [2.75, 3.05) is 0 Å². The molecule has 0 spiro atoms. The highest BCUT2D eigenvalue weighted by Gasteiger charge is 1.97. The first-order valence-corrected chi connectivity index (χ1v) is 3.22. The second-order valence-electron chi connectivity index (χ2n) is 2.03. The number of hydrogen-bond acceptors (Lipinski definition) is 3. The zero-order chi connectivity index (χ0) is 7.52. The lowest BCUT2D eigenvalue weighted by Crippen LogP contribution is -1.84. The predicted molar refractivity (Wildman–Crippen MR) is 39.6 cm³/mol. The molecule has 0 atom stereocenters. The molecular formula is C7H6N4. The molecule has 4 heteroatoms. The molecule has 2 rings (SSSR count). The molecule has 0 aliphatic carbocycles. The van der Waals surface area contributed by atoms with Crippen molar-refractivity contribution < 1.29 is 0 Å². The molecule has 0 saturated heterocycles. The average Bonchev–Trinajstić information content (AvgIpc) is 2.58. The molecule has 2 aromatic heterocycles. The van der Waals surface area contributed by atoms with Gasteiger partial charge >= 0.3 is 0 Å². The zero-order valence-electron chi connectivity index (χ0n) is 5.73. The third-order valence-corrected chi connectivity index (χ3v) is 1.32. The molecule has 0 unspecified atom stereocenters. The van der Waals surface area contributed by atoms with Crippen LogP contribution in [-0.2, 0) is 0 Å². The van der Waals surface area contributed by atoms with Crippen molar-refractivity contribution in [3.05, 3.63) is 31.0 Å². The fourth-order valence-corrected chi connectivity index (χ4v) is 0.836. The van der Waals surface area contributed by atoms with Gasteiger partial charge in [0.15, 0.2) is 5.82 Å². The van der Waals surface area contributed by atoms with E-state index in [1.165, 1.54) is 6.33 Å². The van der Waals surface area contributed by atoms with Crippen molar-refractivity contribution in [3.8, 4) is 11.5 Å². The summed E-state index contributed by atoms with van der Waals surface area (Å²) in [5, 5.41) is 0. The van der Waals surface area contributed by atoms with Gasteiger partial charge in [-0.3, -0.25) is 0 Å². The van der Waals surface area contributed by atoms with E-state index in [4.69, 9.17) is 0 Å². The Morgan fingerprint density at radius 1 is 1.18 bits per heavy atom. The summed E-state index contributed by atoms with van der Waals surface area (Å²) < 4.78 is 0. The van der Waals surface area contributed by atoms with E-state index in [0.29, 0.717) is 0 Å². The van der Waals surface area contributed by atoms with Gasteiger partial charge in [0, 0.05) is 18.6 Å². The molecule has 0 saturated carbocycles. The van der Waals surface area contributed by atoms with Crippen LogP contribution in [0.3, 0.4) is 0 Å². The first-order chi connectivity index (χ1) is 5.47. The maximum atomic E-state index is 4.04. The third-order valence-electron chi connectivity index (χ3n) is 1.32. The lowest BCUT2D eigenvalue weighted by molar-refractivity contribution is 1.14. The number of nitrogens with zero attached hydrogens (tertiary/aromatic N) is 3. The van der Waals surface area contributed by atoms with Gasteiger partial charge in [0.1, 0.15) is 12.0 Å². The van der Waals surface area contributed by atoms with E-state index in [9.17, 15) is 0 Å². The molecule has 54 valence electrons. The monoisotopic (exact) mass is 146 g/mol. The van der Waals surface area contributed by atoms with Crippen LogP contribution in [0, 0.1) is 0 Å². The highest BCUT2D eigenvalue weighted by Crippen LogP contribution is 2.07. The Kier molecular flexibility index (Phi) is 1.37. The smallest absolute Gasteiger partial charge is 0.156 e. The summed E-state index contributed by atoms with van der Waals surface area (Å²) >= 11 is 0. The zero-order valence-corrected chi connectivity index (χ0v) is 5.73. The molecule has 4 nitrogen and oxygen atoms in total. The third kappa shape index (κ3) is 1.10. The largest absolute Gasteiger partial charge is 0.343 e. The second-order valence-corrected chi connectivity index (χ2v) is 2.03. The second kappa shape index (κ2) is 2.49. The fourth-order valence-electron chi connectivity index (χ4n) is 0.836. The van der Waals surface area contributed by atoms with Gasteiger partial charge in [0.2, 0.25) is 0 Å². The Morgan fingerprint density at radius 3 is 2.82 bits per heavy atom. The molecule has 11 heavy (non-hydrogen) atoms. The van der Waals surface area contributed by atoms with E-state index in [1.54, 1.807) is 24.7 Å². The topological polar surface area (TPSA) is 54.5 Å². The molecule has 0 aromatic carbocycles. The summed E-state index contributed by atoms with van der Waals surface area (Å²) in [5.74, 6) is 0.771. The summed E-state index contributed by atoms with van der Waals surface area (Å²) in [6.07, 6.45) is 6.64. The van der Waals surface area contributed by atoms with Crippen LogP contribution in [-0.4, -0.2) is 19.9 Å². The van der Waals surface area contributed by atoms with Crippen LogP contribution in [0.2, 0.25) is 0 Å². The van der Waals surface area contributed by atoms with Gasteiger partial charge in [-0.1, -0.05) is 0 Å². The van der Waals surface area contributed by atoms with Crippen molar-refractivity contribution in [2.45, 2.75) is 0 Å². The first kappa shape index (κ1) is 6.03. The van der Waals surface area contributed by atoms with Crippen LogP contribution in [0.25, 0.3) is 11.5 Å². The SMILES string of the molecule is c1cc(-c2ncc[nH]2)ncn1. The lowest BCUT2D eigenvalue weighted by atomic mass is 10.4. The van der Waals surface area contributed by atoms with E-state index in [2.05, 4.69) is 19.9 Å². The molecule has 2 aromatic rings. The molecule has 0 fully saturated rings. The van der Waals surface area contributed by atoms with Crippen molar-refractivity contribution in [1.82, 2.24) is 19.9 Å². The maximum absolute atomic E-state index is 4.04. The minimum absolute atomic E-state index is 0.771. The molecule has 2 heterocycles. The highest BCUT2D eigenvalue weighted by molar-refractivity contribution is 5.46. The average molecular weight is 146 g/mol. The van der Waals surface area contributed by atoms with Crippen LogP contribution < -0.4 is 0 Å². The number of imidazole rings is 1. The van der Waals surface area contributed by atoms with Gasteiger partial charge in [0.25, 0.3) is 0 Å². The van der Waals surface area contributed by atoms with E-state index >= 15 is 0 Å². The van der Waals surface area contributed by atoms with Gasteiger partial charge < -0.3 is 4.98 Å². The Bertz CT molecular complexity index is 313. The van der Waals surface area contributed by atoms with Crippen molar-refractivity contribution in [2.24, 2.45) is 0 Å². The van der Waals surface area contributed by atoms with Crippen LogP contribution >= 0.6 is 0 Å². The number of rotatable bonds is 1. The predicted octanol–water partition coefficient (Wildman–Crippen LogP) is 0.867. The van der Waals surface area contributed by atoms with E-state index in [-0.39, 0.29) is 0 Å². The molecule has 0 amide bonds. The minimum Gasteiger partial charge on any atom is -0.343 e. The van der Waals surface area contributed by atoms with Crippen molar-refractivity contribution >= 4 is 0 Å². The minimum atomic E-state index is 0.771. The lowest BCUT2D eigenvalue weighted by Gasteiger charge is -1.91. The molecule has 0 radical (unpaired) electrons. The van der Waals surface area contributed by atoms with Gasteiger partial charge in [-0.2, -0.15) is 0 Å². The van der Waals surface area contributed by atoms with Gasteiger partial charge in [-0.05, 0) is 6.07 Å². The molecule has 0 aliphatic rings. The van der Waals surface area contributed by atoms with Gasteiger partial charge in [-0.15, -0.1) is 0 Å². The quantitative estimate of drug-likeness (QED) is 0.649. The van der Waals surface area contributed by atoms with E-state index < -0.39 is 0 Å². The molecule has 0 bridgehead atoms. The summed E-state index contributed by atoms with van der Waals surface area (Å²) in [5.41, 5.74) is 0.810. The number of aromatic nitrogens is 4. The fraction of sp³-hybridized carbons (Fsp3) is 0. The van der Waals surface area contributed by atoms with Crippen LogP contribution in [0.5, 0.6) is 0 Å². The molecule has 0 aliphatic heterocycles.